The van der Waals surface area contributed by atoms with E-state index in [2.05, 4.69) is 0 Å². The molecule has 4 aromatic carbocycles. The van der Waals surface area contributed by atoms with Gasteiger partial charge in [-0.1, -0.05) is 24.3 Å². The van der Waals surface area contributed by atoms with Crippen molar-refractivity contribution in [2.24, 2.45) is 46.3 Å². The standard InChI is InChI=1S/C32H34N12O6S/c1-11-5-7-15-17-9-13(3)25(43(39)31(35)47)27(21(17)19(15)23(11)41(37)29(33)45)51(49,50)28-22-18(10-14(4)26(28)44(40)32(36)48)16-8-6-12(2)24(20(16)22)42(38)30(34)46/h5-10H,37-40H2,1-4H3,(H2,33,45)(H2,34,46)(H2,35,47)(H2,36,48). The molecule has 0 atom stereocenters. The Morgan fingerprint density at radius 1 is 0.451 bits per heavy atom. The molecule has 0 radical (unpaired) electrons. The first-order valence-electron chi connectivity index (χ1n) is 15.0. The lowest BCUT2D eigenvalue weighted by molar-refractivity contribution is 0.253. The van der Waals surface area contributed by atoms with E-state index in [1.807, 2.05) is 0 Å². The highest BCUT2D eigenvalue weighted by molar-refractivity contribution is 7.92. The summed E-state index contributed by atoms with van der Waals surface area (Å²) in [5.41, 5.74) is 25.5. The molecule has 0 unspecified atom stereocenters. The lowest BCUT2D eigenvalue weighted by atomic mass is 9.77. The van der Waals surface area contributed by atoms with Crippen molar-refractivity contribution in [3.8, 4) is 44.5 Å². The van der Waals surface area contributed by atoms with Gasteiger partial charge >= 0.3 is 24.1 Å². The van der Waals surface area contributed by atoms with E-state index in [0.29, 0.717) is 53.4 Å². The van der Waals surface area contributed by atoms with Crippen LogP contribution in [0, 0.1) is 27.7 Å². The number of aryl methyl sites for hydroxylation is 4. The van der Waals surface area contributed by atoms with Crippen LogP contribution in [0.5, 0.6) is 0 Å². The lowest BCUT2D eigenvalue weighted by Gasteiger charge is -2.37. The van der Waals surface area contributed by atoms with Gasteiger partial charge in [0.1, 0.15) is 9.79 Å². The highest BCUT2D eigenvalue weighted by Gasteiger charge is 2.45. The topological polar surface area (TPSA) is 324 Å². The number of urea groups is 4. The third kappa shape index (κ3) is 4.67. The molecule has 0 bridgehead atoms. The number of amides is 8. The Morgan fingerprint density at radius 2 is 0.745 bits per heavy atom. The number of primary amides is 4. The van der Waals surface area contributed by atoms with Crippen molar-refractivity contribution in [3.63, 3.8) is 0 Å². The van der Waals surface area contributed by atoms with E-state index in [4.69, 9.17) is 46.3 Å². The van der Waals surface area contributed by atoms with E-state index in [0.717, 1.165) is 0 Å². The van der Waals surface area contributed by atoms with Gasteiger partial charge in [-0.3, -0.25) is 0 Å². The van der Waals surface area contributed by atoms with E-state index in [9.17, 15) is 19.2 Å². The molecule has 51 heavy (non-hydrogen) atoms. The van der Waals surface area contributed by atoms with Crippen LogP contribution in [0.4, 0.5) is 41.9 Å². The lowest BCUT2D eigenvalue weighted by Crippen LogP contribution is -2.44. The van der Waals surface area contributed by atoms with Crippen molar-refractivity contribution in [1.29, 1.82) is 0 Å². The third-order valence-electron chi connectivity index (χ3n) is 9.18. The number of rotatable bonds is 6. The molecule has 0 saturated heterocycles. The highest BCUT2D eigenvalue weighted by Crippen LogP contribution is 2.62. The van der Waals surface area contributed by atoms with Crippen LogP contribution in [0.3, 0.4) is 0 Å². The maximum atomic E-state index is 15.7. The van der Waals surface area contributed by atoms with Crippen molar-refractivity contribution in [2.45, 2.75) is 37.5 Å². The minimum absolute atomic E-state index is 0.0168. The second-order valence-corrected chi connectivity index (χ2v) is 14.1. The van der Waals surface area contributed by atoms with Gasteiger partial charge in [-0.05, 0) is 84.3 Å². The van der Waals surface area contributed by atoms with Crippen molar-refractivity contribution in [1.82, 2.24) is 0 Å². The summed E-state index contributed by atoms with van der Waals surface area (Å²) in [6, 6.07) is 5.45. The molecule has 16 N–H and O–H groups in total. The molecule has 8 amide bonds. The fourth-order valence-corrected chi connectivity index (χ4v) is 9.17. The summed E-state index contributed by atoms with van der Waals surface area (Å²) in [6.45, 7) is 6.31. The minimum Gasteiger partial charge on any atom is -0.350 e. The number of nitrogens with zero attached hydrogens (tertiary/aromatic N) is 4. The SMILES string of the molecule is Cc1ccc2c(c1N(N)C(N)=O)-c1c-2cc(C)c(N(N)C(N)=O)c1S(=O)(=O)c1c2c(cc(C)c1N(N)C(N)=O)-c1ccc(C)c(N(N)C(N)=O)c1-2. The van der Waals surface area contributed by atoms with Gasteiger partial charge in [0, 0.05) is 22.3 Å². The number of fused-ring (bicyclic) bond motifs is 8. The average molecular weight is 715 g/mol. The number of carbonyl (C=O) groups is 4. The molecule has 18 nitrogen and oxygen atoms in total. The number of anilines is 4. The summed E-state index contributed by atoms with van der Waals surface area (Å²) in [4.78, 5) is 49.0. The Hall–Kier alpha value is -6.25. The molecular formula is C32H34N12O6S. The second kappa shape index (κ2) is 11.4. The molecule has 4 aromatic rings. The van der Waals surface area contributed by atoms with Crippen molar-refractivity contribution < 1.29 is 27.6 Å². The van der Waals surface area contributed by atoms with Gasteiger partial charge in [-0.2, -0.15) is 0 Å². The molecule has 0 aliphatic heterocycles. The molecule has 0 aromatic heterocycles. The Labute approximate surface area is 290 Å². The molecule has 0 spiro atoms. The van der Waals surface area contributed by atoms with Crippen LogP contribution in [0.25, 0.3) is 44.5 Å². The number of sulfone groups is 1. The normalized spacial score (nSPS) is 11.9. The van der Waals surface area contributed by atoms with Gasteiger partial charge in [0.05, 0.1) is 22.7 Å². The molecule has 6 rings (SSSR count). The van der Waals surface area contributed by atoms with Gasteiger partial charge in [-0.15, -0.1) is 0 Å². The van der Waals surface area contributed by atoms with Gasteiger partial charge in [0.25, 0.3) is 0 Å². The molecule has 0 saturated carbocycles. The number of hydrogen-bond acceptors (Lipinski definition) is 10. The van der Waals surface area contributed by atoms with Crippen LogP contribution in [0.15, 0.2) is 46.2 Å². The molecule has 264 valence electrons. The van der Waals surface area contributed by atoms with Crippen LogP contribution < -0.4 is 66.3 Å². The molecule has 0 heterocycles. The van der Waals surface area contributed by atoms with Gasteiger partial charge in [0.2, 0.25) is 9.84 Å². The van der Waals surface area contributed by atoms with Gasteiger partial charge < -0.3 is 22.9 Å². The fraction of sp³-hybridized carbons (Fsp3) is 0.125. The van der Waals surface area contributed by atoms with E-state index in [-0.39, 0.29) is 56.1 Å². The monoisotopic (exact) mass is 714 g/mol. The number of nitrogens with two attached hydrogens (primary N) is 8. The Balaban J connectivity index is 1.82. The summed E-state index contributed by atoms with van der Waals surface area (Å²) < 4.78 is 31.5. The van der Waals surface area contributed by atoms with Crippen LogP contribution in [0.2, 0.25) is 0 Å². The molecule has 2 aliphatic rings. The average Bonchev–Trinajstić information content (AvgIpc) is 3.04. The van der Waals surface area contributed by atoms with Gasteiger partial charge in [0.15, 0.2) is 0 Å². The van der Waals surface area contributed by atoms with Gasteiger partial charge in [-0.25, -0.2) is 71.0 Å². The van der Waals surface area contributed by atoms with Crippen molar-refractivity contribution in [3.05, 3.63) is 58.7 Å². The van der Waals surface area contributed by atoms with Crippen LogP contribution >= 0.6 is 0 Å². The molecular weight excluding hydrogens is 680 g/mol. The Kier molecular flexibility index (Phi) is 7.74. The second-order valence-electron chi connectivity index (χ2n) is 12.2. The summed E-state index contributed by atoms with van der Waals surface area (Å²) in [7, 11) is -5.05. The van der Waals surface area contributed by atoms with Crippen LogP contribution in [-0.4, -0.2) is 32.5 Å². The zero-order valence-corrected chi connectivity index (χ0v) is 28.5. The van der Waals surface area contributed by atoms with Crippen LogP contribution in [-0.2, 0) is 9.84 Å². The highest BCUT2D eigenvalue weighted by atomic mass is 32.2. The predicted molar refractivity (Wildman–Crippen MR) is 191 cm³/mol. The number of hydrogen-bond donors (Lipinski definition) is 8. The predicted octanol–water partition coefficient (Wildman–Crippen LogP) is 2.08. The Morgan fingerprint density at radius 3 is 1.04 bits per heavy atom. The van der Waals surface area contributed by atoms with Crippen molar-refractivity contribution in [2.75, 3.05) is 20.0 Å². The smallest absolute Gasteiger partial charge is 0.333 e. The summed E-state index contributed by atoms with van der Waals surface area (Å²) in [5, 5.41) is 2.29. The maximum Gasteiger partial charge on any atom is 0.333 e. The van der Waals surface area contributed by atoms with E-state index in [1.165, 1.54) is 13.8 Å². The minimum atomic E-state index is -5.05. The molecule has 0 fully saturated rings. The third-order valence-corrected chi connectivity index (χ3v) is 11.1. The zero-order chi connectivity index (χ0) is 37.8. The number of hydrazine groups is 4. The van der Waals surface area contributed by atoms with Crippen LogP contribution in [0.1, 0.15) is 22.3 Å². The Bertz CT molecular complexity index is 2270. The first-order chi connectivity index (χ1) is 23.7. The first kappa shape index (κ1) is 34.6. The zero-order valence-electron chi connectivity index (χ0n) is 27.7. The van der Waals surface area contributed by atoms with E-state index >= 15 is 8.42 Å². The quantitative estimate of drug-likeness (QED) is 0.0705. The summed E-state index contributed by atoms with van der Waals surface area (Å²) in [5.74, 6) is 24.7. The van der Waals surface area contributed by atoms with Crippen molar-refractivity contribution >= 4 is 56.7 Å². The first-order valence-corrected chi connectivity index (χ1v) is 16.5. The van der Waals surface area contributed by atoms with E-state index in [1.54, 1.807) is 50.2 Å². The number of benzene rings is 4. The summed E-state index contributed by atoms with van der Waals surface area (Å²) >= 11 is 0. The maximum absolute atomic E-state index is 15.7. The molecule has 19 heteroatoms. The number of carbonyl (C=O) groups excluding carboxylic acids is 4. The summed E-state index contributed by atoms with van der Waals surface area (Å²) in [6.07, 6.45) is 0. The largest absolute Gasteiger partial charge is 0.350 e. The fourth-order valence-electron chi connectivity index (χ4n) is 6.98. The van der Waals surface area contributed by atoms with E-state index < -0.39 is 43.8 Å². The molecule has 2 aliphatic carbocycles.